The lowest BCUT2D eigenvalue weighted by Gasteiger charge is -2.17. The number of thiophene rings is 1. The van der Waals surface area contributed by atoms with Gasteiger partial charge in [0.05, 0.1) is 11.7 Å². The summed E-state index contributed by atoms with van der Waals surface area (Å²) in [6.45, 7) is 2.24. The molecule has 0 fully saturated rings. The third-order valence-corrected chi connectivity index (χ3v) is 7.14. The molecule has 1 amide bonds. The molecule has 6 heteroatoms. The zero-order valence-electron chi connectivity index (χ0n) is 16.0. The Bertz CT molecular complexity index is 1140. The Hall–Kier alpha value is -2.47. The smallest absolute Gasteiger partial charge is 0.262 e. The number of nitrogens with one attached hydrogen (secondary N) is 1. The Morgan fingerprint density at radius 1 is 1.29 bits per heavy atom. The van der Waals surface area contributed by atoms with E-state index in [1.807, 2.05) is 6.07 Å². The van der Waals surface area contributed by atoms with E-state index in [1.165, 1.54) is 33.3 Å². The molecule has 1 atom stereocenters. The Kier molecular flexibility index (Phi) is 4.31. The Morgan fingerprint density at radius 2 is 2.14 bits per heavy atom. The van der Waals surface area contributed by atoms with Crippen molar-refractivity contribution in [3.8, 4) is 0 Å². The van der Waals surface area contributed by atoms with Crippen molar-refractivity contribution in [1.29, 1.82) is 0 Å². The molecule has 1 N–H and O–H groups in total. The number of aryl methyl sites for hydroxylation is 3. The second-order valence-electron chi connectivity index (χ2n) is 8.09. The van der Waals surface area contributed by atoms with Gasteiger partial charge in [0.15, 0.2) is 0 Å². The van der Waals surface area contributed by atoms with Crippen LogP contribution < -0.4 is 10.9 Å². The van der Waals surface area contributed by atoms with Gasteiger partial charge in [-0.25, -0.2) is 4.98 Å². The van der Waals surface area contributed by atoms with Crippen molar-refractivity contribution in [3.63, 3.8) is 0 Å². The van der Waals surface area contributed by atoms with Gasteiger partial charge in [0.2, 0.25) is 5.91 Å². The van der Waals surface area contributed by atoms with Gasteiger partial charge in [-0.15, -0.1) is 11.3 Å². The van der Waals surface area contributed by atoms with Crippen LogP contribution in [0.1, 0.15) is 41.3 Å². The molecule has 0 aliphatic heterocycles. The highest BCUT2D eigenvalue weighted by atomic mass is 32.1. The third-order valence-electron chi connectivity index (χ3n) is 5.98. The standard InChI is InChI=1S/C22H23N3O2S/c1-13-5-8-17-18(9-13)28-21-20(17)22(27)25(12-23-21)11-19(26)24-16-7-6-14-3-2-4-15(14)10-16/h6-7,10,12-13H,2-5,8-9,11H2,1H3,(H,24,26)/t13-/m0/s1. The normalized spacial score (nSPS) is 18.1. The molecule has 2 aliphatic rings. The van der Waals surface area contributed by atoms with Crippen LogP contribution in [-0.2, 0) is 37.0 Å². The van der Waals surface area contributed by atoms with E-state index < -0.39 is 0 Å². The molecule has 3 aromatic rings. The molecule has 0 spiro atoms. The number of nitrogens with zero attached hydrogens (tertiary/aromatic N) is 2. The average molecular weight is 394 g/mol. The largest absolute Gasteiger partial charge is 0.325 e. The van der Waals surface area contributed by atoms with Crippen LogP contribution in [0.3, 0.4) is 0 Å². The summed E-state index contributed by atoms with van der Waals surface area (Å²) >= 11 is 1.63. The highest BCUT2D eigenvalue weighted by Gasteiger charge is 2.23. The number of carbonyl (C=O) groups is 1. The Labute approximate surface area is 167 Å². The molecule has 2 heterocycles. The van der Waals surface area contributed by atoms with Crippen LogP contribution in [0.2, 0.25) is 0 Å². The number of aromatic nitrogens is 2. The molecule has 28 heavy (non-hydrogen) atoms. The van der Waals surface area contributed by atoms with E-state index in [0.29, 0.717) is 5.92 Å². The predicted molar refractivity (Wildman–Crippen MR) is 112 cm³/mol. The van der Waals surface area contributed by atoms with Crippen molar-refractivity contribution < 1.29 is 4.79 Å². The fourth-order valence-electron chi connectivity index (χ4n) is 4.48. The molecule has 0 radical (unpaired) electrons. The SMILES string of the molecule is C[C@H]1CCc2c(sc3ncn(CC(=O)Nc4ccc5c(c4)CCC5)c(=O)c23)C1. The first-order chi connectivity index (χ1) is 13.6. The van der Waals surface area contributed by atoms with Gasteiger partial charge >= 0.3 is 0 Å². The first-order valence-corrected chi connectivity index (χ1v) is 10.8. The van der Waals surface area contributed by atoms with Crippen LogP contribution in [0, 0.1) is 5.92 Å². The Morgan fingerprint density at radius 3 is 3.04 bits per heavy atom. The minimum Gasteiger partial charge on any atom is -0.325 e. The van der Waals surface area contributed by atoms with E-state index in [-0.39, 0.29) is 18.0 Å². The van der Waals surface area contributed by atoms with Crippen LogP contribution >= 0.6 is 11.3 Å². The van der Waals surface area contributed by atoms with E-state index in [1.54, 1.807) is 11.3 Å². The monoisotopic (exact) mass is 393 g/mol. The van der Waals surface area contributed by atoms with Gasteiger partial charge in [0.1, 0.15) is 11.4 Å². The number of rotatable bonds is 3. The number of carbonyl (C=O) groups excluding carboxylic acids is 1. The molecule has 5 rings (SSSR count). The van der Waals surface area contributed by atoms with E-state index >= 15 is 0 Å². The summed E-state index contributed by atoms with van der Waals surface area (Å²) in [5, 5.41) is 3.66. The van der Waals surface area contributed by atoms with Crippen LogP contribution in [0.15, 0.2) is 29.3 Å². The summed E-state index contributed by atoms with van der Waals surface area (Å²) < 4.78 is 1.44. The van der Waals surface area contributed by atoms with Crippen molar-refractivity contribution in [2.75, 3.05) is 5.32 Å². The molecule has 5 nitrogen and oxygen atoms in total. The zero-order valence-corrected chi connectivity index (χ0v) is 16.8. The topological polar surface area (TPSA) is 64.0 Å². The van der Waals surface area contributed by atoms with Crippen molar-refractivity contribution in [2.45, 2.75) is 52.0 Å². The molecule has 2 aliphatic carbocycles. The lowest BCUT2D eigenvalue weighted by Crippen LogP contribution is -2.28. The van der Waals surface area contributed by atoms with Gasteiger partial charge in [0.25, 0.3) is 5.56 Å². The maximum absolute atomic E-state index is 13.0. The quantitative estimate of drug-likeness (QED) is 0.738. The maximum atomic E-state index is 13.0. The van der Waals surface area contributed by atoms with E-state index in [9.17, 15) is 9.59 Å². The van der Waals surface area contributed by atoms with Crippen LogP contribution in [-0.4, -0.2) is 15.5 Å². The summed E-state index contributed by atoms with van der Waals surface area (Å²) in [5.74, 6) is 0.458. The number of fused-ring (bicyclic) bond motifs is 4. The predicted octanol–water partition coefficient (Wildman–Crippen LogP) is 3.71. The van der Waals surface area contributed by atoms with Gasteiger partial charge in [0, 0.05) is 10.6 Å². The molecule has 144 valence electrons. The first-order valence-electron chi connectivity index (χ1n) is 10.00. The minimum atomic E-state index is -0.195. The van der Waals surface area contributed by atoms with Crippen LogP contribution in [0.25, 0.3) is 10.2 Å². The highest BCUT2D eigenvalue weighted by Crippen LogP contribution is 2.35. The lowest BCUT2D eigenvalue weighted by atomic mass is 9.89. The van der Waals surface area contributed by atoms with E-state index in [2.05, 4.69) is 29.4 Å². The van der Waals surface area contributed by atoms with E-state index in [4.69, 9.17) is 0 Å². The molecular formula is C22H23N3O2S. The number of hydrogen-bond acceptors (Lipinski definition) is 4. The van der Waals surface area contributed by atoms with Gasteiger partial charge in [-0.05, 0) is 73.3 Å². The highest BCUT2D eigenvalue weighted by molar-refractivity contribution is 7.18. The number of anilines is 1. The van der Waals surface area contributed by atoms with E-state index in [0.717, 1.165) is 53.6 Å². The fraction of sp³-hybridized carbons (Fsp3) is 0.409. The van der Waals surface area contributed by atoms with Crippen LogP contribution in [0.5, 0.6) is 0 Å². The fourth-order valence-corrected chi connectivity index (χ4v) is 5.82. The van der Waals surface area contributed by atoms with Gasteiger partial charge < -0.3 is 5.32 Å². The van der Waals surface area contributed by atoms with Crippen molar-refractivity contribution >= 4 is 33.1 Å². The average Bonchev–Trinajstić information content (AvgIpc) is 3.27. The molecule has 2 aromatic heterocycles. The zero-order chi connectivity index (χ0) is 19.3. The second kappa shape index (κ2) is 6.85. The number of hydrogen-bond donors (Lipinski definition) is 1. The molecular weight excluding hydrogens is 370 g/mol. The molecule has 0 saturated carbocycles. The van der Waals surface area contributed by atoms with Crippen LogP contribution in [0.4, 0.5) is 5.69 Å². The lowest BCUT2D eigenvalue weighted by molar-refractivity contribution is -0.116. The summed E-state index contributed by atoms with van der Waals surface area (Å²) in [5.41, 5.74) is 4.55. The molecule has 0 unspecified atom stereocenters. The van der Waals surface area contributed by atoms with Crippen molar-refractivity contribution in [1.82, 2.24) is 9.55 Å². The van der Waals surface area contributed by atoms with Crippen molar-refractivity contribution in [3.05, 3.63) is 56.4 Å². The number of amides is 1. The summed E-state index contributed by atoms with van der Waals surface area (Å²) in [6.07, 6.45) is 7.94. The van der Waals surface area contributed by atoms with Gasteiger partial charge in [-0.3, -0.25) is 14.2 Å². The second-order valence-corrected chi connectivity index (χ2v) is 9.18. The van der Waals surface area contributed by atoms with Crippen molar-refractivity contribution in [2.24, 2.45) is 5.92 Å². The summed E-state index contributed by atoms with van der Waals surface area (Å²) in [4.78, 5) is 32.2. The Balaban J connectivity index is 1.40. The first kappa shape index (κ1) is 17.6. The summed E-state index contributed by atoms with van der Waals surface area (Å²) in [7, 11) is 0. The van der Waals surface area contributed by atoms with Gasteiger partial charge in [-0.2, -0.15) is 0 Å². The number of benzene rings is 1. The molecule has 0 bridgehead atoms. The summed E-state index contributed by atoms with van der Waals surface area (Å²) in [6, 6.07) is 6.10. The minimum absolute atomic E-state index is 0.0140. The molecule has 0 saturated heterocycles. The molecule has 1 aromatic carbocycles. The maximum Gasteiger partial charge on any atom is 0.262 e. The third kappa shape index (κ3) is 3.05. The van der Waals surface area contributed by atoms with Gasteiger partial charge in [-0.1, -0.05) is 13.0 Å².